The van der Waals surface area contributed by atoms with Crippen molar-refractivity contribution in [2.45, 2.75) is 25.7 Å². The van der Waals surface area contributed by atoms with Crippen molar-refractivity contribution >= 4 is 41.2 Å². The first-order valence-electron chi connectivity index (χ1n) is 16.1. The number of methoxy groups -OCH3 is 3. The number of benzene rings is 3. The van der Waals surface area contributed by atoms with Crippen molar-refractivity contribution in [2.75, 3.05) is 26.2 Å². The van der Waals surface area contributed by atoms with Gasteiger partial charge in [0.05, 0.1) is 38.9 Å². The number of allylic oxidation sites excluding steroid dienone is 6. The number of fused-ring (bicyclic) bond motifs is 3. The Hall–Kier alpha value is -5.70. The second-order valence-electron chi connectivity index (χ2n) is 12.7. The Morgan fingerprint density at radius 1 is 0.816 bits per heavy atom. The third-order valence-electron chi connectivity index (χ3n) is 10.1. The second-order valence-corrected chi connectivity index (χ2v) is 12.7. The zero-order chi connectivity index (χ0) is 34.6. The van der Waals surface area contributed by atoms with E-state index in [2.05, 4.69) is 0 Å². The first-order chi connectivity index (χ1) is 23.6. The molecule has 0 bridgehead atoms. The minimum atomic E-state index is -0.704. The molecule has 0 aromatic heterocycles. The fourth-order valence-corrected chi connectivity index (χ4v) is 7.79. The first kappa shape index (κ1) is 31.9. The highest BCUT2D eigenvalue weighted by molar-refractivity contribution is 6.25. The molecule has 3 aromatic carbocycles. The molecule has 9 heteroatoms. The van der Waals surface area contributed by atoms with Crippen molar-refractivity contribution in [3.63, 3.8) is 0 Å². The molecule has 0 spiro atoms. The third kappa shape index (κ3) is 5.26. The molecule has 0 saturated carbocycles. The van der Waals surface area contributed by atoms with Gasteiger partial charge < -0.3 is 19.3 Å². The molecule has 7 rings (SSSR count). The molecule has 1 N–H and O–H groups in total. The molecule has 1 heterocycles. The number of hydrogen-bond donors (Lipinski definition) is 1. The summed E-state index contributed by atoms with van der Waals surface area (Å²) >= 11 is 0. The summed E-state index contributed by atoms with van der Waals surface area (Å²) in [6.07, 6.45) is 7.64. The normalized spacial score (nSPS) is 23.2. The maximum Gasteiger partial charge on any atom is 0.238 e. The standard InChI is InChI=1S/C40H35NO8/c1-21-17-32(43)37-30(38(21)44)20-29-27(35(37)24-9-15-34(49-4)31(42)19-24)13-14-28-36(29)40(46)41(39(28)45)25-10-6-22(7-11-25)5-8-23-18-26(47-2)12-16-33(23)48-3/h5-13,15-19,28-29,35-36,42H,14,20H2,1-4H3/t28-,29+,35-,36-/m0/s1. The molecule has 9 nitrogen and oxygen atoms in total. The number of phenolic OH excluding ortho intramolecular Hbond substituents is 1. The lowest BCUT2D eigenvalue weighted by molar-refractivity contribution is -0.123. The van der Waals surface area contributed by atoms with Gasteiger partial charge in [0.2, 0.25) is 11.8 Å². The molecular formula is C40H35NO8. The van der Waals surface area contributed by atoms with Crippen LogP contribution < -0.4 is 19.1 Å². The summed E-state index contributed by atoms with van der Waals surface area (Å²) in [5.41, 5.74) is 4.66. The molecule has 1 saturated heterocycles. The molecule has 2 amide bonds. The summed E-state index contributed by atoms with van der Waals surface area (Å²) in [6.45, 7) is 1.62. The van der Waals surface area contributed by atoms with Crippen LogP contribution in [0.1, 0.15) is 42.4 Å². The largest absolute Gasteiger partial charge is 0.504 e. The fraction of sp³-hybridized carbons (Fsp3) is 0.250. The van der Waals surface area contributed by atoms with Crippen LogP contribution in [0.2, 0.25) is 0 Å². The lowest BCUT2D eigenvalue weighted by Crippen LogP contribution is -2.39. The zero-order valence-electron chi connectivity index (χ0n) is 27.6. The third-order valence-corrected chi connectivity index (χ3v) is 10.1. The highest BCUT2D eigenvalue weighted by atomic mass is 16.5. The van der Waals surface area contributed by atoms with Crippen molar-refractivity contribution in [1.82, 2.24) is 0 Å². The van der Waals surface area contributed by atoms with Crippen LogP contribution in [-0.2, 0) is 19.2 Å². The number of imide groups is 1. The van der Waals surface area contributed by atoms with Crippen LogP contribution >= 0.6 is 0 Å². The molecule has 49 heavy (non-hydrogen) atoms. The summed E-state index contributed by atoms with van der Waals surface area (Å²) in [6, 6.07) is 17.6. The zero-order valence-corrected chi connectivity index (χ0v) is 27.6. The highest BCUT2D eigenvalue weighted by Gasteiger charge is 2.56. The maximum atomic E-state index is 14.3. The van der Waals surface area contributed by atoms with Crippen LogP contribution in [0.25, 0.3) is 12.2 Å². The number of nitrogens with zero attached hydrogens (tertiary/aromatic N) is 1. The van der Waals surface area contributed by atoms with Crippen LogP contribution in [0.3, 0.4) is 0 Å². The monoisotopic (exact) mass is 657 g/mol. The van der Waals surface area contributed by atoms with Crippen LogP contribution in [0.4, 0.5) is 5.69 Å². The number of phenols is 1. The highest BCUT2D eigenvalue weighted by Crippen LogP contribution is 2.55. The van der Waals surface area contributed by atoms with Crippen molar-refractivity contribution in [2.24, 2.45) is 17.8 Å². The van der Waals surface area contributed by atoms with Gasteiger partial charge in [0.15, 0.2) is 23.1 Å². The number of ketones is 2. The molecule has 248 valence electrons. The molecule has 4 aliphatic rings. The van der Waals surface area contributed by atoms with E-state index in [-0.39, 0.29) is 41.3 Å². The van der Waals surface area contributed by atoms with Crippen molar-refractivity contribution in [3.8, 4) is 23.0 Å². The molecule has 1 aliphatic heterocycles. The van der Waals surface area contributed by atoms with Crippen LogP contribution in [0, 0.1) is 17.8 Å². The minimum Gasteiger partial charge on any atom is -0.504 e. The van der Waals surface area contributed by atoms with Crippen LogP contribution in [0.15, 0.2) is 95.1 Å². The van der Waals surface area contributed by atoms with E-state index in [1.165, 1.54) is 18.1 Å². The Labute approximate surface area is 283 Å². The quantitative estimate of drug-likeness (QED) is 0.138. The predicted octanol–water partition coefficient (Wildman–Crippen LogP) is 6.22. The number of carbonyl (C=O) groups is 4. The molecule has 3 aromatic rings. The van der Waals surface area contributed by atoms with Gasteiger partial charge in [-0.2, -0.15) is 0 Å². The Morgan fingerprint density at radius 2 is 1.55 bits per heavy atom. The number of aromatic hydroxyl groups is 1. The average molecular weight is 658 g/mol. The van der Waals surface area contributed by atoms with E-state index in [0.717, 1.165) is 16.7 Å². The number of anilines is 1. The van der Waals surface area contributed by atoms with E-state index in [1.807, 2.05) is 48.6 Å². The van der Waals surface area contributed by atoms with Gasteiger partial charge in [-0.25, -0.2) is 0 Å². The van der Waals surface area contributed by atoms with E-state index in [1.54, 1.807) is 51.5 Å². The number of rotatable bonds is 7. The summed E-state index contributed by atoms with van der Waals surface area (Å²) in [5.74, 6) is -1.96. The number of hydrogen-bond acceptors (Lipinski definition) is 8. The van der Waals surface area contributed by atoms with Gasteiger partial charge in [0, 0.05) is 28.2 Å². The molecule has 4 atom stereocenters. The average Bonchev–Trinajstić information content (AvgIpc) is 3.37. The summed E-state index contributed by atoms with van der Waals surface area (Å²) in [7, 11) is 4.65. The van der Waals surface area contributed by atoms with Gasteiger partial charge in [-0.05, 0) is 85.4 Å². The predicted molar refractivity (Wildman–Crippen MR) is 183 cm³/mol. The van der Waals surface area contributed by atoms with E-state index in [0.29, 0.717) is 45.9 Å². The minimum absolute atomic E-state index is 0.0981. The van der Waals surface area contributed by atoms with E-state index < -0.39 is 23.7 Å². The SMILES string of the molecule is COc1ccc(OC)c(C=Cc2ccc(N3C(=O)[C@H]4[C@H](CC=C5[C@H](c6ccc(OC)c(O)c6)C6=C(C[C@H]54)C(=O)C(C)=CC6=O)C3=O)cc2)c1. The van der Waals surface area contributed by atoms with E-state index in [4.69, 9.17) is 14.2 Å². The van der Waals surface area contributed by atoms with Crippen molar-refractivity contribution in [3.05, 3.63) is 112 Å². The number of amides is 2. The fourth-order valence-electron chi connectivity index (χ4n) is 7.79. The van der Waals surface area contributed by atoms with Gasteiger partial charge in [0.1, 0.15) is 11.5 Å². The van der Waals surface area contributed by atoms with Gasteiger partial charge in [0.25, 0.3) is 0 Å². The first-order valence-corrected chi connectivity index (χ1v) is 16.1. The molecule has 0 unspecified atom stereocenters. The molecule has 3 aliphatic carbocycles. The number of ether oxygens (including phenoxy) is 3. The Balaban J connectivity index is 1.21. The summed E-state index contributed by atoms with van der Waals surface area (Å²) < 4.78 is 16.1. The lowest BCUT2D eigenvalue weighted by Gasteiger charge is -2.42. The van der Waals surface area contributed by atoms with Crippen molar-refractivity contribution in [1.29, 1.82) is 0 Å². The van der Waals surface area contributed by atoms with Crippen LogP contribution in [-0.4, -0.2) is 49.8 Å². The van der Waals surface area contributed by atoms with Gasteiger partial charge >= 0.3 is 0 Å². The lowest BCUT2D eigenvalue weighted by atomic mass is 9.59. The van der Waals surface area contributed by atoms with E-state index >= 15 is 0 Å². The maximum absolute atomic E-state index is 14.3. The molecule has 1 fully saturated rings. The summed E-state index contributed by atoms with van der Waals surface area (Å²) in [4.78, 5) is 56.5. The molecular weight excluding hydrogens is 622 g/mol. The van der Waals surface area contributed by atoms with Crippen molar-refractivity contribution < 1.29 is 38.5 Å². The number of Topliss-reactive ketones (excluding diaryl/α,β-unsaturated/α-hetero) is 1. The smallest absolute Gasteiger partial charge is 0.238 e. The Kier molecular flexibility index (Phi) is 8.06. The van der Waals surface area contributed by atoms with Crippen LogP contribution in [0.5, 0.6) is 23.0 Å². The van der Waals surface area contributed by atoms with Gasteiger partial charge in [-0.3, -0.25) is 24.1 Å². The Morgan fingerprint density at radius 3 is 2.24 bits per heavy atom. The number of carbonyl (C=O) groups excluding carboxylic acids is 4. The second kappa shape index (κ2) is 12.4. The van der Waals surface area contributed by atoms with Gasteiger partial charge in [-0.15, -0.1) is 0 Å². The van der Waals surface area contributed by atoms with E-state index in [9.17, 15) is 24.3 Å². The molecule has 0 radical (unpaired) electrons. The topological polar surface area (TPSA) is 119 Å². The summed E-state index contributed by atoms with van der Waals surface area (Å²) in [5, 5.41) is 10.7. The Bertz CT molecular complexity index is 2050. The van der Waals surface area contributed by atoms with Gasteiger partial charge in [-0.1, -0.05) is 42.0 Å².